The van der Waals surface area contributed by atoms with Crippen LogP contribution in [0.5, 0.6) is 0 Å². The van der Waals surface area contributed by atoms with E-state index >= 15 is 0 Å². The number of aryl methyl sites for hydroxylation is 1. The monoisotopic (exact) mass is 439 g/mol. The minimum atomic E-state index is -0.373. The number of nitrogens with one attached hydrogen (secondary N) is 2. The molecular weight excluding hydrogens is 426 g/mol. The smallest absolute Gasteiger partial charge is 0.277 e. The fraction of sp³-hybridized carbons (Fsp3) is 0.0556. The van der Waals surface area contributed by atoms with Crippen LogP contribution in [-0.4, -0.2) is 36.2 Å². The van der Waals surface area contributed by atoms with Crippen molar-refractivity contribution in [1.29, 1.82) is 0 Å². The second kappa shape index (κ2) is 7.24. The van der Waals surface area contributed by atoms with E-state index < -0.39 is 0 Å². The Morgan fingerprint density at radius 1 is 0.964 bits per heavy atom. The van der Waals surface area contributed by atoms with Gasteiger partial charge < -0.3 is 10.6 Å². The van der Waals surface area contributed by atoms with E-state index in [1.54, 1.807) is 66.7 Å². The van der Waals surface area contributed by atoms with Gasteiger partial charge in [-0.3, -0.25) is 14.3 Å². The number of anilines is 2. The van der Waals surface area contributed by atoms with Crippen LogP contribution in [-0.2, 0) is 7.05 Å². The SMILES string of the molecule is Cn1ccc(C(=O)Nc2ccc(NC(=O)c3nn4cccnc4c3Br)cc2)n1. The number of hydrogen-bond acceptors (Lipinski definition) is 5. The molecule has 4 aromatic rings. The van der Waals surface area contributed by atoms with E-state index in [9.17, 15) is 9.59 Å². The summed E-state index contributed by atoms with van der Waals surface area (Å²) in [6.07, 6.45) is 5.03. The van der Waals surface area contributed by atoms with Crippen LogP contribution in [0.4, 0.5) is 11.4 Å². The number of fused-ring (bicyclic) bond motifs is 1. The molecule has 0 atom stereocenters. The van der Waals surface area contributed by atoms with Gasteiger partial charge in [0.1, 0.15) is 0 Å². The van der Waals surface area contributed by atoms with Crippen LogP contribution in [0.25, 0.3) is 5.65 Å². The van der Waals surface area contributed by atoms with E-state index in [-0.39, 0.29) is 17.5 Å². The lowest BCUT2D eigenvalue weighted by Gasteiger charge is -2.06. The third-order valence-electron chi connectivity index (χ3n) is 3.90. The molecule has 3 heterocycles. The number of amides is 2. The topological polar surface area (TPSA) is 106 Å². The lowest BCUT2D eigenvalue weighted by molar-refractivity contribution is 0.101. The molecule has 0 radical (unpaired) electrons. The summed E-state index contributed by atoms with van der Waals surface area (Å²) >= 11 is 3.37. The second-order valence-electron chi connectivity index (χ2n) is 5.91. The number of benzene rings is 1. The summed E-state index contributed by atoms with van der Waals surface area (Å²) in [4.78, 5) is 28.8. The molecule has 4 rings (SSSR count). The summed E-state index contributed by atoms with van der Waals surface area (Å²) in [7, 11) is 1.74. The first-order valence-electron chi connectivity index (χ1n) is 8.22. The van der Waals surface area contributed by atoms with Gasteiger partial charge in [0.05, 0.1) is 4.47 Å². The van der Waals surface area contributed by atoms with E-state index in [4.69, 9.17) is 0 Å². The Kier molecular flexibility index (Phi) is 4.62. The van der Waals surface area contributed by atoms with Gasteiger partial charge in [-0.25, -0.2) is 9.50 Å². The van der Waals surface area contributed by atoms with Gasteiger partial charge in [-0.1, -0.05) is 0 Å². The van der Waals surface area contributed by atoms with Gasteiger partial charge in [-0.15, -0.1) is 0 Å². The zero-order valence-electron chi connectivity index (χ0n) is 14.6. The number of nitrogens with zero attached hydrogens (tertiary/aromatic N) is 5. The average molecular weight is 440 g/mol. The maximum absolute atomic E-state index is 12.5. The standard InChI is InChI=1S/C18H14BrN7O2/c1-25-10-7-13(23-25)17(27)21-11-3-5-12(6-4-11)22-18(28)15-14(19)16-20-8-2-9-26(16)24-15/h2-10H,1H3,(H,21,27)(H,22,28). The zero-order valence-corrected chi connectivity index (χ0v) is 16.2. The molecule has 1 aromatic carbocycles. The molecule has 3 aromatic heterocycles. The second-order valence-corrected chi connectivity index (χ2v) is 6.70. The van der Waals surface area contributed by atoms with Crippen LogP contribution in [0.3, 0.4) is 0 Å². The van der Waals surface area contributed by atoms with Gasteiger partial charge in [0, 0.05) is 37.0 Å². The fourth-order valence-corrected chi connectivity index (χ4v) is 3.11. The Hall–Kier alpha value is -3.53. The fourth-order valence-electron chi connectivity index (χ4n) is 2.56. The number of aromatic nitrogens is 5. The number of carbonyl (C=O) groups is 2. The number of rotatable bonds is 4. The van der Waals surface area contributed by atoms with Crippen molar-refractivity contribution in [3.63, 3.8) is 0 Å². The van der Waals surface area contributed by atoms with E-state index in [0.717, 1.165) is 0 Å². The highest BCUT2D eigenvalue weighted by Gasteiger charge is 2.18. The van der Waals surface area contributed by atoms with Crippen LogP contribution < -0.4 is 10.6 Å². The van der Waals surface area contributed by atoms with Crippen molar-refractivity contribution < 1.29 is 9.59 Å². The van der Waals surface area contributed by atoms with E-state index in [1.165, 1.54) is 4.52 Å². The van der Waals surface area contributed by atoms with Crippen LogP contribution >= 0.6 is 15.9 Å². The molecule has 0 spiro atoms. The third kappa shape index (κ3) is 3.49. The minimum absolute atomic E-state index is 0.228. The first-order valence-corrected chi connectivity index (χ1v) is 9.02. The number of halogens is 1. The van der Waals surface area contributed by atoms with Gasteiger partial charge in [-0.05, 0) is 52.3 Å². The Morgan fingerprint density at radius 3 is 2.25 bits per heavy atom. The molecule has 0 aliphatic carbocycles. The predicted octanol–water partition coefficient (Wildman–Crippen LogP) is 2.73. The highest BCUT2D eigenvalue weighted by molar-refractivity contribution is 9.10. The van der Waals surface area contributed by atoms with Gasteiger partial charge >= 0.3 is 0 Å². The van der Waals surface area contributed by atoms with Crippen molar-refractivity contribution in [2.24, 2.45) is 7.05 Å². The number of carbonyl (C=O) groups excluding carboxylic acids is 2. The molecule has 10 heteroatoms. The molecule has 0 aliphatic rings. The zero-order chi connectivity index (χ0) is 19.7. The summed E-state index contributed by atoms with van der Waals surface area (Å²) in [6, 6.07) is 10.1. The molecule has 0 saturated heterocycles. The first kappa shape index (κ1) is 17.9. The lowest BCUT2D eigenvalue weighted by Crippen LogP contribution is -2.14. The van der Waals surface area contributed by atoms with Crippen molar-refractivity contribution in [1.82, 2.24) is 24.4 Å². The molecule has 9 nitrogen and oxygen atoms in total. The van der Waals surface area contributed by atoms with Gasteiger partial charge in [-0.2, -0.15) is 10.2 Å². The molecule has 2 amide bonds. The lowest BCUT2D eigenvalue weighted by atomic mass is 10.2. The quantitative estimate of drug-likeness (QED) is 0.508. The van der Waals surface area contributed by atoms with Crippen molar-refractivity contribution in [3.05, 3.63) is 70.8 Å². The van der Waals surface area contributed by atoms with E-state index in [2.05, 4.69) is 41.7 Å². The largest absolute Gasteiger partial charge is 0.321 e. The van der Waals surface area contributed by atoms with Crippen molar-refractivity contribution in [2.45, 2.75) is 0 Å². The van der Waals surface area contributed by atoms with Crippen molar-refractivity contribution in [3.8, 4) is 0 Å². The Morgan fingerprint density at radius 2 is 1.64 bits per heavy atom. The summed E-state index contributed by atoms with van der Waals surface area (Å²) < 4.78 is 3.60. The molecule has 0 bridgehead atoms. The normalized spacial score (nSPS) is 10.8. The van der Waals surface area contributed by atoms with Gasteiger partial charge in [0.25, 0.3) is 11.8 Å². The molecule has 0 unspecified atom stereocenters. The summed E-state index contributed by atoms with van der Waals surface area (Å²) in [5.41, 5.74) is 2.26. The summed E-state index contributed by atoms with van der Waals surface area (Å²) in [5, 5.41) is 13.8. The van der Waals surface area contributed by atoms with E-state index in [0.29, 0.717) is 27.2 Å². The summed E-state index contributed by atoms with van der Waals surface area (Å²) in [5.74, 6) is -0.679. The molecule has 0 saturated carbocycles. The molecule has 2 N–H and O–H groups in total. The van der Waals surface area contributed by atoms with Crippen LogP contribution in [0.15, 0.2) is 59.5 Å². The Labute approximate surface area is 167 Å². The average Bonchev–Trinajstić information content (AvgIpc) is 3.27. The molecular formula is C18H14BrN7O2. The number of hydrogen-bond donors (Lipinski definition) is 2. The van der Waals surface area contributed by atoms with Crippen LogP contribution in [0, 0.1) is 0 Å². The predicted molar refractivity (Wildman–Crippen MR) is 106 cm³/mol. The van der Waals surface area contributed by atoms with Gasteiger partial charge in [0.15, 0.2) is 17.0 Å². The van der Waals surface area contributed by atoms with Crippen LogP contribution in [0.1, 0.15) is 21.0 Å². The minimum Gasteiger partial charge on any atom is -0.321 e. The molecule has 0 fully saturated rings. The van der Waals surface area contributed by atoms with Crippen molar-refractivity contribution in [2.75, 3.05) is 10.6 Å². The molecule has 0 aliphatic heterocycles. The highest BCUT2D eigenvalue weighted by Crippen LogP contribution is 2.22. The third-order valence-corrected chi connectivity index (χ3v) is 4.63. The Bertz CT molecular complexity index is 1180. The van der Waals surface area contributed by atoms with Crippen molar-refractivity contribution >= 4 is 44.8 Å². The summed E-state index contributed by atoms with van der Waals surface area (Å²) in [6.45, 7) is 0. The maximum atomic E-state index is 12.5. The maximum Gasteiger partial charge on any atom is 0.277 e. The first-order chi connectivity index (χ1) is 13.5. The van der Waals surface area contributed by atoms with E-state index in [1.807, 2.05) is 0 Å². The van der Waals surface area contributed by atoms with Gasteiger partial charge in [0.2, 0.25) is 0 Å². The molecule has 28 heavy (non-hydrogen) atoms. The molecule has 140 valence electrons. The Balaban J connectivity index is 1.46. The van der Waals surface area contributed by atoms with Crippen LogP contribution in [0.2, 0.25) is 0 Å². The highest BCUT2D eigenvalue weighted by atomic mass is 79.9.